The lowest BCUT2D eigenvalue weighted by Gasteiger charge is -2.21. The number of nitrogens with one attached hydrogen (secondary N) is 2. The molecular formula is C23H30N3O3+. The second kappa shape index (κ2) is 10.1. The summed E-state index contributed by atoms with van der Waals surface area (Å²) in [7, 11) is 0. The molecule has 0 bridgehead atoms. The van der Waals surface area contributed by atoms with Crippen molar-refractivity contribution in [1.82, 2.24) is 5.32 Å². The number of para-hydroxylation sites is 2. The van der Waals surface area contributed by atoms with E-state index >= 15 is 0 Å². The third-order valence-corrected chi connectivity index (χ3v) is 5.30. The minimum Gasteiger partial charge on any atom is -0.491 e. The van der Waals surface area contributed by atoms with Crippen LogP contribution < -0.4 is 19.9 Å². The van der Waals surface area contributed by atoms with E-state index in [1.54, 1.807) is 0 Å². The zero-order valence-electron chi connectivity index (χ0n) is 17.2. The first-order chi connectivity index (χ1) is 14.1. The van der Waals surface area contributed by atoms with E-state index in [0.29, 0.717) is 24.6 Å². The van der Waals surface area contributed by atoms with Gasteiger partial charge in [-0.05, 0) is 31.5 Å². The molecule has 1 aliphatic heterocycles. The average Bonchev–Trinajstić information content (AvgIpc) is 2.90. The predicted molar refractivity (Wildman–Crippen MR) is 113 cm³/mol. The van der Waals surface area contributed by atoms with Crippen LogP contribution in [0.2, 0.25) is 0 Å². The number of hydrogen-bond donors (Lipinski definition) is 2. The van der Waals surface area contributed by atoms with Gasteiger partial charge in [0.15, 0.2) is 0 Å². The van der Waals surface area contributed by atoms with Gasteiger partial charge in [0, 0.05) is 12.1 Å². The van der Waals surface area contributed by atoms with Gasteiger partial charge >= 0.3 is 0 Å². The van der Waals surface area contributed by atoms with Gasteiger partial charge in [0.25, 0.3) is 0 Å². The Morgan fingerprint density at radius 3 is 2.48 bits per heavy atom. The molecule has 2 aromatic carbocycles. The van der Waals surface area contributed by atoms with Gasteiger partial charge in [-0.3, -0.25) is 14.5 Å². The Balaban J connectivity index is 1.56. The summed E-state index contributed by atoms with van der Waals surface area (Å²) in [5, 5.41) is 2.92. The molecule has 154 valence electrons. The molecule has 0 aromatic heterocycles. The van der Waals surface area contributed by atoms with E-state index in [4.69, 9.17) is 4.74 Å². The summed E-state index contributed by atoms with van der Waals surface area (Å²) in [6.07, 6.45) is 0.262. The van der Waals surface area contributed by atoms with Gasteiger partial charge in [0.1, 0.15) is 18.8 Å². The Labute approximate surface area is 172 Å². The molecule has 0 saturated heterocycles. The molecule has 0 unspecified atom stereocenters. The molecule has 2 aromatic rings. The maximum Gasteiger partial charge on any atom is 0.240 e. The minimum atomic E-state index is -0.188. The molecule has 0 spiro atoms. The van der Waals surface area contributed by atoms with Gasteiger partial charge in [-0.2, -0.15) is 0 Å². The molecule has 0 radical (unpaired) electrons. The molecule has 0 saturated carbocycles. The first-order valence-electron chi connectivity index (χ1n) is 10.3. The van der Waals surface area contributed by atoms with Crippen LogP contribution >= 0.6 is 0 Å². The Morgan fingerprint density at radius 1 is 1.07 bits per heavy atom. The van der Waals surface area contributed by atoms with Crippen molar-refractivity contribution >= 4 is 17.5 Å². The monoisotopic (exact) mass is 396 g/mol. The average molecular weight is 397 g/mol. The first kappa shape index (κ1) is 20.9. The van der Waals surface area contributed by atoms with Gasteiger partial charge in [-0.15, -0.1) is 0 Å². The number of quaternary nitrogens is 1. The zero-order chi connectivity index (χ0) is 20.6. The molecule has 0 fully saturated rings. The lowest BCUT2D eigenvalue weighted by atomic mass is 10.1. The number of carbonyl (C=O) groups excluding carboxylic acids is 2. The standard InChI is InChI=1S/C23H29N3O3/c1-3-25(4-2)16-19-11-9-18(10-12-19)15-24-22(27)17-26-20-7-5-6-8-21(20)29-14-13-23(26)28/h5-12H,3-4,13-17H2,1-2H3,(H,24,27)/p+1. The molecule has 1 heterocycles. The SMILES string of the molecule is CC[NH+](CC)Cc1ccc(CNC(=O)CN2C(=O)CCOc3ccccc32)cc1. The highest BCUT2D eigenvalue weighted by Gasteiger charge is 2.24. The van der Waals surface area contributed by atoms with Crippen LogP contribution in [0.1, 0.15) is 31.4 Å². The number of rotatable bonds is 8. The second-order valence-electron chi connectivity index (χ2n) is 7.27. The lowest BCUT2D eigenvalue weighted by Crippen LogP contribution is -3.10. The topological polar surface area (TPSA) is 63.1 Å². The van der Waals surface area contributed by atoms with Crippen LogP contribution in [0.25, 0.3) is 0 Å². The van der Waals surface area contributed by atoms with Crippen molar-refractivity contribution in [3.8, 4) is 5.75 Å². The van der Waals surface area contributed by atoms with Crippen LogP contribution in [-0.4, -0.2) is 38.1 Å². The summed E-state index contributed by atoms with van der Waals surface area (Å²) >= 11 is 0. The van der Waals surface area contributed by atoms with E-state index in [1.807, 2.05) is 24.3 Å². The largest absolute Gasteiger partial charge is 0.491 e. The summed E-state index contributed by atoms with van der Waals surface area (Å²) in [5.74, 6) is 0.345. The fraction of sp³-hybridized carbons (Fsp3) is 0.391. The molecule has 29 heavy (non-hydrogen) atoms. The van der Waals surface area contributed by atoms with Crippen molar-refractivity contribution in [1.29, 1.82) is 0 Å². The fourth-order valence-electron chi connectivity index (χ4n) is 3.46. The highest BCUT2D eigenvalue weighted by molar-refractivity contribution is 6.00. The molecule has 2 N–H and O–H groups in total. The number of carbonyl (C=O) groups is 2. The van der Waals surface area contributed by atoms with E-state index < -0.39 is 0 Å². The lowest BCUT2D eigenvalue weighted by molar-refractivity contribution is -0.910. The summed E-state index contributed by atoms with van der Waals surface area (Å²) in [5.41, 5.74) is 2.99. The van der Waals surface area contributed by atoms with Crippen molar-refractivity contribution in [2.75, 3.05) is 31.1 Å². The van der Waals surface area contributed by atoms with Crippen LogP contribution in [0.15, 0.2) is 48.5 Å². The maximum atomic E-state index is 12.5. The third kappa shape index (κ3) is 5.57. The van der Waals surface area contributed by atoms with E-state index in [-0.39, 0.29) is 24.8 Å². The number of amides is 2. The van der Waals surface area contributed by atoms with E-state index in [9.17, 15) is 9.59 Å². The van der Waals surface area contributed by atoms with E-state index in [0.717, 1.165) is 25.2 Å². The normalized spacial score (nSPS) is 13.6. The third-order valence-electron chi connectivity index (χ3n) is 5.30. The van der Waals surface area contributed by atoms with Gasteiger partial charge in [0.05, 0.1) is 31.8 Å². The maximum absolute atomic E-state index is 12.5. The van der Waals surface area contributed by atoms with E-state index in [1.165, 1.54) is 15.4 Å². The highest BCUT2D eigenvalue weighted by Crippen LogP contribution is 2.30. The number of anilines is 1. The smallest absolute Gasteiger partial charge is 0.240 e. The van der Waals surface area contributed by atoms with Gasteiger partial charge < -0.3 is 15.0 Å². The molecule has 0 aliphatic carbocycles. The Kier molecular flexibility index (Phi) is 7.25. The molecule has 1 aliphatic rings. The molecular weight excluding hydrogens is 366 g/mol. The molecule has 0 atom stereocenters. The summed E-state index contributed by atoms with van der Waals surface area (Å²) in [6, 6.07) is 15.7. The molecule has 2 amide bonds. The molecule has 6 nitrogen and oxygen atoms in total. The second-order valence-corrected chi connectivity index (χ2v) is 7.27. The van der Waals surface area contributed by atoms with Crippen molar-refractivity contribution in [3.05, 3.63) is 59.7 Å². The molecule has 6 heteroatoms. The first-order valence-corrected chi connectivity index (χ1v) is 10.3. The van der Waals surface area contributed by atoms with Crippen LogP contribution in [0.4, 0.5) is 5.69 Å². The van der Waals surface area contributed by atoms with Crippen LogP contribution in [0.3, 0.4) is 0 Å². The van der Waals surface area contributed by atoms with E-state index in [2.05, 4.69) is 43.4 Å². The zero-order valence-corrected chi connectivity index (χ0v) is 17.2. The quantitative estimate of drug-likeness (QED) is 0.712. The number of benzene rings is 2. The number of nitrogens with zero attached hydrogens (tertiary/aromatic N) is 1. The summed E-state index contributed by atoms with van der Waals surface area (Å²) < 4.78 is 5.62. The number of hydrogen-bond acceptors (Lipinski definition) is 3. The van der Waals surface area contributed by atoms with Crippen molar-refractivity contribution in [2.24, 2.45) is 0 Å². The van der Waals surface area contributed by atoms with Crippen LogP contribution in [0, 0.1) is 0 Å². The predicted octanol–water partition coefficient (Wildman–Crippen LogP) is 1.54. The number of fused-ring (bicyclic) bond motifs is 1. The minimum absolute atomic E-state index is 0.0113. The van der Waals surface area contributed by atoms with Crippen molar-refractivity contribution in [3.63, 3.8) is 0 Å². The molecule has 3 rings (SSSR count). The van der Waals surface area contributed by atoms with Gasteiger partial charge in [0.2, 0.25) is 11.8 Å². The van der Waals surface area contributed by atoms with Crippen molar-refractivity contribution < 1.29 is 19.2 Å². The summed E-state index contributed by atoms with van der Waals surface area (Å²) in [4.78, 5) is 28.0. The van der Waals surface area contributed by atoms with Gasteiger partial charge in [-0.25, -0.2) is 0 Å². The Morgan fingerprint density at radius 2 is 1.76 bits per heavy atom. The Bertz CT molecular complexity index is 832. The van der Waals surface area contributed by atoms with Crippen LogP contribution in [-0.2, 0) is 22.7 Å². The van der Waals surface area contributed by atoms with Crippen molar-refractivity contribution in [2.45, 2.75) is 33.4 Å². The highest BCUT2D eigenvalue weighted by atomic mass is 16.5. The Hall–Kier alpha value is -2.86. The fourth-order valence-corrected chi connectivity index (χ4v) is 3.46. The summed E-state index contributed by atoms with van der Waals surface area (Å²) in [6.45, 7) is 8.38. The number of ether oxygens (including phenoxy) is 1. The van der Waals surface area contributed by atoms with Gasteiger partial charge in [-0.1, -0.05) is 36.4 Å². The van der Waals surface area contributed by atoms with Crippen LogP contribution in [0.5, 0.6) is 5.75 Å².